The molecular weight excluding hydrogens is 302 g/mol. The van der Waals surface area contributed by atoms with E-state index < -0.39 is 5.97 Å². The van der Waals surface area contributed by atoms with Gasteiger partial charge in [0.15, 0.2) is 0 Å². The fraction of sp³-hybridized carbons (Fsp3) is 0.375. The minimum absolute atomic E-state index is 0.0152. The number of carbonyl (C=O) groups excluding carboxylic acids is 1. The van der Waals surface area contributed by atoms with E-state index in [0.717, 1.165) is 29.2 Å². The zero-order valence-electron chi connectivity index (χ0n) is 12.2. The molecule has 0 aromatic carbocycles. The van der Waals surface area contributed by atoms with Crippen molar-refractivity contribution in [1.29, 1.82) is 0 Å². The number of furan rings is 1. The zero-order chi connectivity index (χ0) is 15.7. The molecule has 116 valence electrons. The lowest BCUT2D eigenvalue weighted by atomic mass is 10.1. The van der Waals surface area contributed by atoms with Crippen molar-refractivity contribution < 1.29 is 19.1 Å². The summed E-state index contributed by atoms with van der Waals surface area (Å²) in [6.45, 7) is 2.51. The van der Waals surface area contributed by atoms with Crippen LogP contribution in [0.4, 0.5) is 0 Å². The number of aryl methyl sites for hydroxylation is 1. The van der Waals surface area contributed by atoms with Gasteiger partial charge < -0.3 is 14.4 Å². The molecule has 22 heavy (non-hydrogen) atoms. The Labute approximate surface area is 132 Å². The van der Waals surface area contributed by atoms with Gasteiger partial charge >= 0.3 is 5.97 Å². The first kappa shape index (κ1) is 14.8. The van der Waals surface area contributed by atoms with Crippen molar-refractivity contribution in [3.8, 4) is 10.6 Å². The third kappa shape index (κ3) is 2.92. The van der Waals surface area contributed by atoms with Crippen LogP contribution in [0.25, 0.3) is 10.6 Å². The summed E-state index contributed by atoms with van der Waals surface area (Å²) in [6.07, 6.45) is 1.63. The molecule has 0 radical (unpaired) electrons. The Morgan fingerprint density at radius 2 is 2.18 bits per heavy atom. The van der Waals surface area contributed by atoms with Crippen LogP contribution in [-0.2, 0) is 4.79 Å². The van der Waals surface area contributed by atoms with Crippen LogP contribution >= 0.6 is 11.3 Å². The molecule has 1 atom stereocenters. The van der Waals surface area contributed by atoms with Gasteiger partial charge in [0, 0.05) is 12.6 Å². The van der Waals surface area contributed by atoms with Crippen LogP contribution < -0.4 is 0 Å². The molecule has 2 aromatic heterocycles. The number of rotatable bonds is 4. The van der Waals surface area contributed by atoms with Crippen molar-refractivity contribution in [3.05, 3.63) is 34.9 Å². The molecule has 0 spiro atoms. The summed E-state index contributed by atoms with van der Waals surface area (Å²) in [5, 5.41) is 8.95. The molecule has 1 aliphatic heterocycles. The average Bonchev–Trinajstić information content (AvgIpc) is 3.16. The molecular formula is C16H17NO4S. The number of aliphatic carboxylic acids is 1. The van der Waals surface area contributed by atoms with Gasteiger partial charge in [-0.25, -0.2) is 0 Å². The highest BCUT2D eigenvalue weighted by atomic mass is 32.1. The van der Waals surface area contributed by atoms with Crippen LogP contribution in [0.5, 0.6) is 0 Å². The monoisotopic (exact) mass is 319 g/mol. The number of thiophene rings is 1. The van der Waals surface area contributed by atoms with Crippen molar-refractivity contribution in [2.45, 2.75) is 32.2 Å². The van der Waals surface area contributed by atoms with Crippen molar-refractivity contribution in [1.82, 2.24) is 4.90 Å². The molecule has 6 heteroatoms. The largest absolute Gasteiger partial charge is 0.481 e. The highest BCUT2D eigenvalue weighted by molar-refractivity contribution is 7.17. The minimum Gasteiger partial charge on any atom is -0.481 e. The maximum absolute atomic E-state index is 12.6. The second-order valence-corrected chi connectivity index (χ2v) is 6.55. The quantitative estimate of drug-likeness (QED) is 0.937. The van der Waals surface area contributed by atoms with Crippen molar-refractivity contribution in [2.24, 2.45) is 0 Å². The molecule has 0 aliphatic carbocycles. The fourth-order valence-corrected chi connectivity index (χ4v) is 3.73. The van der Waals surface area contributed by atoms with Gasteiger partial charge in [0.2, 0.25) is 0 Å². The molecule has 3 rings (SSSR count). The second-order valence-electron chi connectivity index (χ2n) is 5.47. The van der Waals surface area contributed by atoms with Crippen LogP contribution in [0.2, 0.25) is 0 Å². The Balaban J connectivity index is 1.78. The van der Waals surface area contributed by atoms with Crippen molar-refractivity contribution in [2.75, 3.05) is 6.54 Å². The molecule has 1 fully saturated rings. The van der Waals surface area contributed by atoms with Crippen LogP contribution in [-0.4, -0.2) is 34.5 Å². The topological polar surface area (TPSA) is 70.8 Å². The molecule has 1 N–H and O–H groups in total. The van der Waals surface area contributed by atoms with Crippen LogP contribution in [0.1, 0.15) is 34.7 Å². The molecule has 0 saturated carbocycles. The Morgan fingerprint density at radius 1 is 1.36 bits per heavy atom. The molecule has 3 heterocycles. The third-order valence-corrected chi connectivity index (χ3v) is 4.94. The van der Waals surface area contributed by atoms with Crippen molar-refractivity contribution in [3.63, 3.8) is 0 Å². The second kappa shape index (κ2) is 5.96. The lowest BCUT2D eigenvalue weighted by Gasteiger charge is -2.22. The smallest absolute Gasteiger partial charge is 0.305 e. The van der Waals surface area contributed by atoms with E-state index in [-0.39, 0.29) is 18.4 Å². The Hall–Kier alpha value is -2.08. The third-order valence-electron chi connectivity index (χ3n) is 3.85. The number of hydrogen-bond acceptors (Lipinski definition) is 4. The number of carboxylic acid groups (broad SMARTS) is 1. The van der Waals surface area contributed by atoms with E-state index in [4.69, 9.17) is 9.52 Å². The molecule has 1 aliphatic rings. The number of nitrogens with zero attached hydrogens (tertiary/aromatic N) is 1. The molecule has 0 bridgehead atoms. The van der Waals surface area contributed by atoms with Crippen LogP contribution in [0, 0.1) is 6.92 Å². The van der Waals surface area contributed by atoms with Gasteiger partial charge in [-0.3, -0.25) is 9.59 Å². The van der Waals surface area contributed by atoms with Crippen molar-refractivity contribution >= 4 is 23.2 Å². The molecule has 1 saturated heterocycles. The summed E-state index contributed by atoms with van der Waals surface area (Å²) < 4.78 is 5.57. The number of likely N-dealkylation sites (tertiary alicyclic amines) is 1. The van der Waals surface area contributed by atoms with E-state index in [1.54, 1.807) is 11.0 Å². The maximum Gasteiger partial charge on any atom is 0.305 e. The van der Waals surface area contributed by atoms with Gasteiger partial charge in [-0.05, 0) is 44.0 Å². The lowest BCUT2D eigenvalue weighted by Crippen LogP contribution is -2.36. The molecule has 1 unspecified atom stereocenters. The van der Waals surface area contributed by atoms with Gasteiger partial charge in [0.25, 0.3) is 5.91 Å². The van der Waals surface area contributed by atoms with E-state index in [1.165, 1.54) is 11.3 Å². The van der Waals surface area contributed by atoms with Crippen LogP contribution in [0.15, 0.2) is 28.7 Å². The number of carbonyl (C=O) groups is 2. The normalized spacial score (nSPS) is 17.9. The van der Waals surface area contributed by atoms with Gasteiger partial charge in [0.1, 0.15) is 11.5 Å². The van der Waals surface area contributed by atoms with Gasteiger partial charge in [0.05, 0.1) is 16.2 Å². The summed E-state index contributed by atoms with van der Waals surface area (Å²) in [4.78, 5) is 26.7. The van der Waals surface area contributed by atoms with E-state index >= 15 is 0 Å². The predicted molar refractivity (Wildman–Crippen MR) is 83.1 cm³/mol. The van der Waals surface area contributed by atoms with E-state index in [1.807, 2.05) is 25.1 Å². The van der Waals surface area contributed by atoms with E-state index in [2.05, 4.69) is 0 Å². The summed E-state index contributed by atoms with van der Waals surface area (Å²) in [6, 6.07) is 7.24. The Kier molecular flexibility index (Phi) is 4.02. The molecule has 5 nitrogen and oxygen atoms in total. The molecule has 2 aromatic rings. The highest BCUT2D eigenvalue weighted by Crippen LogP contribution is 2.32. The standard InChI is InChI=1S/C16H17NO4S/c1-10-4-5-12(21-10)13-6-7-14(22-13)16(20)17-8-2-3-11(17)9-15(18)19/h4-7,11H,2-3,8-9H2,1H3,(H,18,19). The SMILES string of the molecule is Cc1ccc(-c2ccc(C(=O)N3CCCC3CC(=O)O)s2)o1. The van der Waals surface area contributed by atoms with Gasteiger partial charge in [-0.2, -0.15) is 0 Å². The first-order valence-electron chi connectivity index (χ1n) is 7.24. The van der Waals surface area contributed by atoms with E-state index in [0.29, 0.717) is 11.4 Å². The summed E-state index contributed by atoms with van der Waals surface area (Å²) in [5.74, 6) is 0.647. The molecule has 1 amide bonds. The summed E-state index contributed by atoms with van der Waals surface area (Å²) in [7, 11) is 0. The Bertz CT molecular complexity index is 703. The van der Waals surface area contributed by atoms with Gasteiger partial charge in [-0.15, -0.1) is 11.3 Å². The first-order valence-corrected chi connectivity index (χ1v) is 8.05. The zero-order valence-corrected chi connectivity index (χ0v) is 13.1. The summed E-state index contributed by atoms with van der Waals surface area (Å²) in [5.41, 5.74) is 0. The average molecular weight is 319 g/mol. The van der Waals surface area contributed by atoms with Crippen LogP contribution in [0.3, 0.4) is 0 Å². The highest BCUT2D eigenvalue weighted by Gasteiger charge is 2.31. The maximum atomic E-state index is 12.6. The first-order chi connectivity index (χ1) is 10.5. The van der Waals surface area contributed by atoms with E-state index in [9.17, 15) is 9.59 Å². The Morgan fingerprint density at radius 3 is 2.86 bits per heavy atom. The fourth-order valence-electron chi connectivity index (χ4n) is 2.81. The minimum atomic E-state index is -0.859. The summed E-state index contributed by atoms with van der Waals surface area (Å²) >= 11 is 1.38. The number of hydrogen-bond donors (Lipinski definition) is 1. The predicted octanol–water partition coefficient (Wildman–Crippen LogP) is 3.40. The van der Waals surface area contributed by atoms with Gasteiger partial charge in [-0.1, -0.05) is 0 Å². The number of carboxylic acids is 1. The lowest BCUT2D eigenvalue weighted by molar-refractivity contribution is -0.137. The number of amides is 1.